The van der Waals surface area contributed by atoms with Crippen LogP contribution in [0.4, 0.5) is 0 Å². The Morgan fingerprint density at radius 1 is 1.10 bits per heavy atom. The molecule has 1 unspecified atom stereocenters. The van der Waals surface area contributed by atoms with Crippen LogP contribution >= 0.6 is 0 Å². The zero-order valence-corrected chi connectivity index (χ0v) is 13.0. The molecule has 6 nitrogen and oxygen atoms in total. The molecule has 0 aliphatic carbocycles. The summed E-state index contributed by atoms with van der Waals surface area (Å²) in [5.41, 5.74) is 0. The molecule has 2 fully saturated rings. The molecule has 3 atom stereocenters. The number of rotatable bonds is 3. The van der Waals surface area contributed by atoms with Gasteiger partial charge in [0.2, 0.25) is 0 Å². The zero-order valence-electron chi connectivity index (χ0n) is 12.2. The maximum absolute atomic E-state index is 12.8. The second kappa shape index (κ2) is 5.99. The van der Waals surface area contributed by atoms with E-state index in [-0.39, 0.29) is 18.6 Å². The number of carboxylic acid groups (broad SMARTS) is 1. The van der Waals surface area contributed by atoms with Gasteiger partial charge in [0.25, 0.3) is 10.2 Å². The molecule has 20 heavy (non-hydrogen) atoms. The minimum Gasteiger partial charge on any atom is -0.481 e. The molecular weight excluding hydrogens is 280 g/mol. The van der Waals surface area contributed by atoms with E-state index >= 15 is 0 Å². The van der Waals surface area contributed by atoms with Gasteiger partial charge in [-0.05, 0) is 39.5 Å². The van der Waals surface area contributed by atoms with E-state index in [1.807, 2.05) is 13.8 Å². The molecule has 0 aromatic heterocycles. The van der Waals surface area contributed by atoms with E-state index < -0.39 is 22.1 Å². The van der Waals surface area contributed by atoms with Gasteiger partial charge in [0, 0.05) is 25.2 Å². The van der Waals surface area contributed by atoms with E-state index in [0.29, 0.717) is 19.4 Å². The molecule has 0 aromatic carbocycles. The predicted molar refractivity (Wildman–Crippen MR) is 75.5 cm³/mol. The molecule has 116 valence electrons. The SMILES string of the molecule is C[C@@H]1CCC[C@H](C)N1S(=O)(=O)N1CCCC(C(=O)O)C1. The van der Waals surface area contributed by atoms with Crippen molar-refractivity contribution in [3.63, 3.8) is 0 Å². The van der Waals surface area contributed by atoms with E-state index in [9.17, 15) is 13.2 Å². The van der Waals surface area contributed by atoms with Gasteiger partial charge in [0.15, 0.2) is 0 Å². The van der Waals surface area contributed by atoms with Crippen molar-refractivity contribution in [3.8, 4) is 0 Å². The molecular formula is C13H24N2O4S. The molecule has 0 amide bonds. The Kier molecular flexibility index (Phi) is 4.71. The van der Waals surface area contributed by atoms with Crippen molar-refractivity contribution in [1.29, 1.82) is 0 Å². The summed E-state index contributed by atoms with van der Waals surface area (Å²) < 4.78 is 28.5. The topological polar surface area (TPSA) is 77.9 Å². The number of hydrogen-bond acceptors (Lipinski definition) is 3. The molecule has 2 rings (SSSR count). The summed E-state index contributed by atoms with van der Waals surface area (Å²) in [6.07, 6.45) is 3.98. The van der Waals surface area contributed by atoms with Crippen molar-refractivity contribution in [2.75, 3.05) is 13.1 Å². The Hall–Kier alpha value is -0.660. The molecule has 0 radical (unpaired) electrons. The third-order valence-electron chi connectivity index (χ3n) is 4.44. The number of nitrogens with zero attached hydrogens (tertiary/aromatic N) is 2. The van der Waals surface area contributed by atoms with Crippen LogP contribution < -0.4 is 0 Å². The van der Waals surface area contributed by atoms with Crippen molar-refractivity contribution in [2.24, 2.45) is 5.92 Å². The maximum atomic E-state index is 12.8. The first kappa shape index (κ1) is 15.7. The molecule has 7 heteroatoms. The third-order valence-corrected chi connectivity index (χ3v) is 6.68. The van der Waals surface area contributed by atoms with Crippen LogP contribution in [0, 0.1) is 5.92 Å². The fraction of sp³-hybridized carbons (Fsp3) is 0.923. The lowest BCUT2D eigenvalue weighted by molar-refractivity contribution is -0.142. The van der Waals surface area contributed by atoms with Crippen molar-refractivity contribution < 1.29 is 18.3 Å². The molecule has 2 heterocycles. The van der Waals surface area contributed by atoms with Gasteiger partial charge in [-0.1, -0.05) is 6.42 Å². The van der Waals surface area contributed by atoms with Crippen molar-refractivity contribution in [1.82, 2.24) is 8.61 Å². The van der Waals surface area contributed by atoms with Crippen LogP contribution in [0.5, 0.6) is 0 Å². The lowest BCUT2D eigenvalue weighted by Gasteiger charge is -2.42. The summed E-state index contributed by atoms with van der Waals surface area (Å²) in [6.45, 7) is 4.41. The monoisotopic (exact) mass is 304 g/mol. The van der Waals surface area contributed by atoms with E-state index in [4.69, 9.17) is 5.11 Å². The summed E-state index contributed by atoms with van der Waals surface area (Å²) in [4.78, 5) is 11.1. The Morgan fingerprint density at radius 3 is 2.25 bits per heavy atom. The van der Waals surface area contributed by atoms with E-state index in [1.165, 1.54) is 4.31 Å². The van der Waals surface area contributed by atoms with Gasteiger partial charge in [0.05, 0.1) is 5.92 Å². The second-order valence-corrected chi connectivity index (χ2v) is 7.84. The first-order valence-electron chi connectivity index (χ1n) is 7.35. The number of aliphatic carboxylic acids is 1. The first-order valence-corrected chi connectivity index (χ1v) is 8.75. The van der Waals surface area contributed by atoms with E-state index in [0.717, 1.165) is 19.3 Å². The van der Waals surface area contributed by atoms with Crippen LogP contribution in [0.25, 0.3) is 0 Å². The van der Waals surface area contributed by atoms with E-state index in [2.05, 4.69) is 0 Å². The van der Waals surface area contributed by atoms with Crippen LogP contribution in [0.2, 0.25) is 0 Å². The lowest BCUT2D eigenvalue weighted by atomic mass is 10.0. The average Bonchev–Trinajstić information content (AvgIpc) is 2.38. The highest BCUT2D eigenvalue weighted by molar-refractivity contribution is 7.86. The molecule has 2 aliphatic rings. The van der Waals surface area contributed by atoms with Gasteiger partial charge < -0.3 is 5.11 Å². The lowest BCUT2D eigenvalue weighted by Crippen LogP contribution is -2.55. The highest BCUT2D eigenvalue weighted by atomic mass is 32.2. The third kappa shape index (κ3) is 2.99. The van der Waals surface area contributed by atoms with Crippen molar-refractivity contribution in [3.05, 3.63) is 0 Å². The fourth-order valence-electron chi connectivity index (χ4n) is 3.34. The van der Waals surface area contributed by atoms with Crippen LogP contribution in [-0.4, -0.2) is 53.3 Å². The smallest absolute Gasteiger partial charge is 0.307 e. The van der Waals surface area contributed by atoms with Crippen LogP contribution in [0.1, 0.15) is 46.0 Å². The fourth-order valence-corrected chi connectivity index (χ4v) is 5.45. The van der Waals surface area contributed by atoms with Crippen molar-refractivity contribution in [2.45, 2.75) is 58.0 Å². The highest BCUT2D eigenvalue weighted by Gasteiger charge is 2.41. The predicted octanol–water partition coefficient (Wildman–Crippen LogP) is 1.29. The van der Waals surface area contributed by atoms with Gasteiger partial charge >= 0.3 is 5.97 Å². The van der Waals surface area contributed by atoms with Gasteiger partial charge in [-0.25, -0.2) is 0 Å². The highest BCUT2D eigenvalue weighted by Crippen LogP contribution is 2.29. The van der Waals surface area contributed by atoms with Crippen LogP contribution in [0.15, 0.2) is 0 Å². The Labute approximate surface area is 120 Å². The van der Waals surface area contributed by atoms with Gasteiger partial charge in [-0.3, -0.25) is 4.79 Å². The zero-order chi connectivity index (χ0) is 14.9. The van der Waals surface area contributed by atoms with Crippen molar-refractivity contribution >= 4 is 16.2 Å². The Morgan fingerprint density at radius 2 is 1.70 bits per heavy atom. The van der Waals surface area contributed by atoms with Gasteiger partial charge in [-0.2, -0.15) is 17.0 Å². The maximum Gasteiger partial charge on any atom is 0.307 e. The second-order valence-electron chi connectivity index (χ2n) is 6.00. The summed E-state index contributed by atoms with van der Waals surface area (Å²) in [5, 5.41) is 9.10. The summed E-state index contributed by atoms with van der Waals surface area (Å²) in [5.74, 6) is -1.47. The molecule has 0 bridgehead atoms. The molecule has 0 aromatic rings. The van der Waals surface area contributed by atoms with Crippen LogP contribution in [-0.2, 0) is 15.0 Å². The minimum absolute atomic E-state index is 0.00560. The molecule has 0 spiro atoms. The quantitative estimate of drug-likeness (QED) is 0.852. The average molecular weight is 304 g/mol. The minimum atomic E-state index is -3.55. The summed E-state index contributed by atoms with van der Waals surface area (Å²) in [6, 6.07) is -0.0112. The number of carbonyl (C=O) groups is 1. The standard InChI is InChI=1S/C13H24N2O4S/c1-10-5-3-6-11(2)15(10)20(18,19)14-8-4-7-12(9-14)13(16)17/h10-12H,3-9H2,1-2H3,(H,16,17)/t10-,11+,12?. The molecule has 1 N–H and O–H groups in total. The number of carboxylic acids is 1. The summed E-state index contributed by atoms with van der Waals surface area (Å²) in [7, 11) is -3.55. The normalized spacial score (nSPS) is 34.0. The Balaban J connectivity index is 2.18. The van der Waals surface area contributed by atoms with Crippen LogP contribution in [0.3, 0.4) is 0 Å². The largest absolute Gasteiger partial charge is 0.481 e. The number of hydrogen-bond donors (Lipinski definition) is 1. The summed E-state index contributed by atoms with van der Waals surface area (Å²) >= 11 is 0. The van der Waals surface area contributed by atoms with Gasteiger partial charge in [-0.15, -0.1) is 0 Å². The van der Waals surface area contributed by atoms with E-state index in [1.54, 1.807) is 4.31 Å². The molecule has 2 aliphatic heterocycles. The Bertz CT molecular complexity index is 455. The molecule has 2 saturated heterocycles. The molecule has 0 saturated carbocycles. The first-order chi connectivity index (χ1) is 9.34. The number of piperidine rings is 2. The van der Waals surface area contributed by atoms with Gasteiger partial charge in [0.1, 0.15) is 0 Å².